The zero-order valence-corrected chi connectivity index (χ0v) is 12.3. The maximum Gasteiger partial charge on any atom is 0.193 e. The number of benzene rings is 1. The van der Waals surface area contributed by atoms with Gasteiger partial charge in [-0.3, -0.25) is 4.98 Å². The summed E-state index contributed by atoms with van der Waals surface area (Å²) in [5.41, 5.74) is 9.25. The predicted molar refractivity (Wildman–Crippen MR) is 85.8 cm³/mol. The Balaban J connectivity index is 1.80. The minimum absolute atomic E-state index is 0.382. The van der Waals surface area contributed by atoms with E-state index in [2.05, 4.69) is 35.2 Å². The van der Waals surface area contributed by atoms with Gasteiger partial charge < -0.3 is 15.8 Å². The van der Waals surface area contributed by atoms with Crippen molar-refractivity contribution in [2.24, 2.45) is 10.7 Å². The first-order valence-corrected chi connectivity index (χ1v) is 6.82. The predicted octanol–water partition coefficient (Wildman–Crippen LogP) is 2.50. The Morgan fingerprint density at radius 3 is 2.86 bits per heavy atom. The van der Waals surface area contributed by atoms with Gasteiger partial charge in [-0.2, -0.15) is 0 Å². The van der Waals surface area contributed by atoms with Crippen molar-refractivity contribution in [1.82, 2.24) is 4.98 Å². The van der Waals surface area contributed by atoms with Gasteiger partial charge in [0.2, 0.25) is 0 Å². The highest BCUT2D eigenvalue weighted by atomic mass is 16.5. The Morgan fingerprint density at radius 1 is 1.29 bits per heavy atom. The molecule has 3 N–H and O–H groups in total. The lowest BCUT2D eigenvalue weighted by atomic mass is 10.1. The van der Waals surface area contributed by atoms with Gasteiger partial charge in [-0.15, -0.1) is 0 Å². The summed E-state index contributed by atoms with van der Waals surface area (Å²) in [5.74, 6) is 1.11. The van der Waals surface area contributed by atoms with Crippen LogP contribution in [0.4, 0.5) is 5.69 Å². The third-order valence-corrected chi connectivity index (χ3v) is 3.06. The van der Waals surface area contributed by atoms with E-state index in [9.17, 15) is 0 Å². The first-order chi connectivity index (χ1) is 10.1. The van der Waals surface area contributed by atoms with Gasteiger partial charge in [0, 0.05) is 11.9 Å². The molecular weight excluding hydrogens is 264 g/mol. The number of aromatic nitrogens is 1. The third-order valence-electron chi connectivity index (χ3n) is 3.06. The van der Waals surface area contributed by atoms with Gasteiger partial charge in [0.25, 0.3) is 0 Å². The summed E-state index contributed by atoms with van der Waals surface area (Å²) >= 11 is 0. The fourth-order valence-corrected chi connectivity index (χ4v) is 1.77. The number of nitrogens with two attached hydrogens (primary N) is 1. The monoisotopic (exact) mass is 284 g/mol. The van der Waals surface area contributed by atoms with Gasteiger partial charge in [0.05, 0.1) is 12.7 Å². The molecule has 2 aromatic rings. The zero-order chi connectivity index (χ0) is 15.1. The van der Waals surface area contributed by atoms with Crippen LogP contribution >= 0.6 is 0 Å². The van der Waals surface area contributed by atoms with Crippen LogP contribution in [0, 0.1) is 13.8 Å². The number of guanidine groups is 1. The maximum atomic E-state index is 5.84. The first-order valence-electron chi connectivity index (χ1n) is 6.82. The molecule has 0 saturated carbocycles. The smallest absolute Gasteiger partial charge is 0.193 e. The second-order valence-corrected chi connectivity index (χ2v) is 4.73. The molecule has 1 aromatic carbocycles. The molecule has 1 aromatic heterocycles. The first kappa shape index (κ1) is 14.8. The van der Waals surface area contributed by atoms with Crippen molar-refractivity contribution in [2.75, 3.05) is 18.5 Å². The lowest BCUT2D eigenvalue weighted by Crippen LogP contribution is -2.23. The third kappa shape index (κ3) is 4.80. The Labute approximate surface area is 124 Å². The molecule has 2 rings (SSSR count). The molecule has 5 nitrogen and oxygen atoms in total. The molecular formula is C16H20N4O. The van der Waals surface area contributed by atoms with E-state index in [4.69, 9.17) is 10.5 Å². The molecule has 0 bridgehead atoms. The molecule has 0 fully saturated rings. The van der Waals surface area contributed by atoms with E-state index in [0.717, 1.165) is 11.4 Å². The molecule has 0 atom stereocenters. The molecule has 110 valence electrons. The Kier molecular flexibility index (Phi) is 5.15. The maximum absolute atomic E-state index is 5.84. The number of rotatable bonds is 5. The van der Waals surface area contributed by atoms with Crippen molar-refractivity contribution in [3.05, 3.63) is 53.9 Å². The van der Waals surface area contributed by atoms with Gasteiger partial charge in [0.1, 0.15) is 12.4 Å². The average molecular weight is 284 g/mol. The van der Waals surface area contributed by atoms with Crippen molar-refractivity contribution in [2.45, 2.75) is 13.8 Å². The molecule has 0 unspecified atom stereocenters. The molecule has 0 radical (unpaired) electrons. The highest BCUT2D eigenvalue weighted by molar-refractivity contribution is 5.92. The average Bonchev–Trinajstić information content (AvgIpc) is 2.49. The molecule has 5 heteroatoms. The normalized spacial score (nSPS) is 11.2. The fraction of sp³-hybridized carbons (Fsp3) is 0.250. The molecule has 1 heterocycles. The molecule has 0 amide bonds. The Bertz CT molecular complexity index is 611. The van der Waals surface area contributed by atoms with Gasteiger partial charge in [-0.25, -0.2) is 4.99 Å². The van der Waals surface area contributed by atoms with Crippen molar-refractivity contribution < 1.29 is 4.74 Å². The number of nitrogens with one attached hydrogen (secondary N) is 1. The summed E-state index contributed by atoms with van der Waals surface area (Å²) in [6, 6.07) is 9.76. The standard InChI is InChI=1S/C16H20N4O/c1-12-5-6-14(10-13(12)2)20-16(17)19-8-9-21-15-4-3-7-18-11-15/h3-7,10-11H,8-9H2,1-2H3,(H3,17,19,20). The van der Waals surface area contributed by atoms with E-state index in [1.165, 1.54) is 11.1 Å². The molecule has 0 aliphatic rings. The largest absolute Gasteiger partial charge is 0.490 e. The number of ether oxygens (including phenoxy) is 1. The van der Waals surface area contributed by atoms with E-state index in [1.807, 2.05) is 24.3 Å². The van der Waals surface area contributed by atoms with Crippen LogP contribution in [0.1, 0.15) is 11.1 Å². The van der Waals surface area contributed by atoms with Crippen LogP contribution in [0.15, 0.2) is 47.7 Å². The van der Waals surface area contributed by atoms with Crippen LogP contribution in [-0.4, -0.2) is 24.1 Å². The lowest BCUT2D eigenvalue weighted by molar-refractivity contribution is 0.327. The van der Waals surface area contributed by atoms with Crippen LogP contribution in [0.2, 0.25) is 0 Å². The number of hydrogen-bond donors (Lipinski definition) is 2. The molecule has 21 heavy (non-hydrogen) atoms. The number of aryl methyl sites for hydroxylation is 2. The molecule has 0 aliphatic carbocycles. The van der Waals surface area contributed by atoms with Crippen LogP contribution in [0.3, 0.4) is 0 Å². The van der Waals surface area contributed by atoms with Gasteiger partial charge in [-0.05, 0) is 49.2 Å². The summed E-state index contributed by atoms with van der Waals surface area (Å²) < 4.78 is 5.49. The quantitative estimate of drug-likeness (QED) is 0.502. The van der Waals surface area contributed by atoms with Gasteiger partial charge >= 0.3 is 0 Å². The van der Waals surface area contributed by atoms with E-state index in [0.29, 0.717) is 19.1 Å². The van der Waals surface area contributed by atoms with Crippen LogP contribution in [-0.2, 0) is 0 Å². The molecule has 0 spiro atoms. The SMILES string of the molecule is Cc1ccc(NC(N)=NCCOc2cccnc2)cc1C. The second-order valence-electron chi connectivity index (χ2n) is 4.73. The number of anilines is 1. The van der Waals surface area contributed by atoms with Gasteiger partial charge in [0.15, 0.2) is 5.96 Å². The summed E-state index contributed by atoms with van der Waals surface area (Å²) in [7, 11) is 0. The highest BCUT2D eigenvalue weighted by Gasteiger charge is 1.98. The Hall–Kier alpha value is -2.56. The van der Waals surface area contributed by atoms with E-state index >= 15 is 0 Å². The summed E-state index contributed by atoms with van der Waals surface area (Å²) in [6.07, 6.45) is 3.37. The number of aliphatic imine (C=N–C) groups is 1. The van der Waals surface area contributed by atoms with E-state index in [1.54, 1.807) is 12.4 Å². The van der Waals surface area contributed by atoms with Crippen LogP contribution in [0.5, 0.6) is 5.75 Å². The zero-order valence-electron chi connectivity index (χ0n) is 12.3. The Morgan fingerprint density at radius 2 is 2.14 bits per heavy atom. The summed E-state index contributed by atoms with van der Waals surface area (Å²) in [5, 5.41) is 3.07. The van der Waals surface area contributed by atoms with Crippen LogP contribution in [0.25, 0.3) is 0 Å². The molecule has 0 saturated heterocycles. The van der Waals surface area contributed by atoms with Crippen molar-refractivity contribution >= 4 is 11.6 Å². The van der Waals surface area contributed by atoms with E-state index in [-0.39, 0.29) is 0 Å². The van der Waals surface area contributed by atoms with Crippen molar-refractivity contribution in [3.63, 3.8) is 0 Å². The number of nitrogens with zero attached hydrogens (tertiary/aromatic N) is 2. The minimum Gasteiger partial charge on any atom is -0.490 e. The number of hydrogen-bond acceptors (Lipinski definition) is 3. The van der Waals surface area contributed by atoms with Crippen molar-refractivity contribution in [3.8, 4) is 5.75 Å². The van der Waals surface area contributed by atoms with Crippen molar-refractivity contribution in [1.29, 1.82) is 0 Å². The topological polar surface area (TPSA) is 72.5 Å². The second kappa shape index (κ2) is 7.28. The van der Waals surface area contributed by atoms with E-state index < -0.39 is 0 Å². The summed E-state index contributed by atoms with van der Waals surface area (Å²) in [4.78, 5) is 8.20. The van der Waals surface area contributed by atoms with Crippen LogP contribution < -0.4 is 15.8 Å². The fourth-order valence-electron chi connectivity index (χ4n) is 1.77. The lowest BCUT2D eigenvalue weighted by Gasteiger charge is -2.08. The number of pyridine rings is 1. The molecule has 0 aliphatic heterocycles. The highest BCUT2D eigenvalue weighted by Crippen LogP contribution is 2.13. The van der Waals surface area contributed by atoms with Gasteiger partial charge in [-0.1, -0.05) is 6.07 Å². The minimum atomic E-state index is 0.382. The summed E-state index contributed by atoms with van der Waals surface area (Å²) in [6.45, 7) is 5.08.